The van der Waals surface area contributed by atoms with Crippen LogP contribution in [0.5, 0.6) is 5.75 Å². The number of aromatic hydroxyl groups is 1. The van der Waals surface area contributed by atoms with Crippen LogP contribution < -0.4 is 5.32 Å². The number of carboxylic acids is 1. The Morgan fingerprint density at radius 1 is 0.914 bits per heavy atom. The Morgan fingerprint density at radius 3 is 2.31 bits per heavy atom. The zero-order valence-corrected chi connectivity index (χ0v) is 17.7. The van der Waals surface area contributed by atoms with E-state index < -0.39 is 17.7 Å². The van der Waals surface area contributed by atoms with Crippen molar-refractivity contribution in [2.24, 2.45) is 10.2 Å². The van der Waals surface area contributed by atoms with Crippen molar-refractivity contribution >= 4 is 29.0 Å². The number of azo groups is 1. The molecule has 0 amide bonds. The van der Waals surface area contributed by atoms with Crippen LogP contribution >= 0.6 is 0 Å². The number of phenols is 1. The van der Waals surface area contributed by atoms with Crippen molar-refractivity contribution in [1.29, 1.82) is 0 Å². The fourth-order valence-corrected chi connectivity index (χ4v) is 3.07. The predicted molar refractivity (Wildman–Crippen MR) is 121 cm³/mol. The Kier molecular flexibility index (Phi) is 6.40. The Labute approximate surface area is 196 Å². The molecule has 0 unspecified atom stereocenters. The van der Waals surface area contributed by atoms with E-state index in [-0.39, 0.29) is 22.9 Å². The molecule has 3 aromatic carbocycles. The van der Waals surface area contributed by atoms with Crippen LogP contribution in [0.3, 0.4) is 0 Å². The standard InChI is InChI=1S/C24H16F3N5O3/c25-24(26,27)15-6-8-16(9-7-15)29-23-28-12-11-18(30-23)17-3-1-2-4-19(17)31-32-20-10-5-14(22(34)35)13-21(20)33/h1-13,33H,(H,34,35)(H,28,29,30). The van der Waals surface area contributed by atoms with Gasteiger partial charge in [0.25, 0.3) is 0 Å². The van der Waals surface area contributed by atoms with Crippen LogP contribution in [-0.4, -0.2) is 26.2 Å². The van der Waals surface area contributed by atoms with E-state index in [1.54, 1.807) is 30.3 Å². The van der Waals surface area contributed by atoms with Gasteiger partial charge in [-0.3, -0.25) is 0 Å². The number of carboxylic acid groups (broad SMARTS) is 1. The van der Waals surface area contributed by atoms with E-state index in [1.165, 1.54) is 30.5 Å². The lowest BCUT2D eigenvalue weighted by Crippen LogP contribution is -2.04. The number of hydrogen-bond donors (Lipinski definition) is 3. The molecule has 1 aromatic heterocycles. The van der Waals surface area contributed by atoms with Crippen LogP contribution in [0.1, 0.15) is 15.9 Å². The molecule has 3 N–H and O–H groups in total. The highest BCUT2D eigenvalue weighted by Gasteiger charge is 2.29. The fourth-order valence-electron chi connectivity index (χ4n) is 3.07. The summed E-state index contributed by atoms with van der Waals surface area (Å²) in [7, 11) is 0. The third-order valence-corrected chi connectivity index (χ3v) is 4.79. The van der Waals surface area contributed by atoms with Gasteiger partial charge in [-0.15, -0.1) is 10.2 Å². The summed E-state index contributed by atoms with van der Waals surface area (Å²) in [6.07, 6.45) is -2.94. The van der Waals surface area contributed by atoms with Gasteiger partial charge in [0.15, 0.2) is 0 Å². The topological polar surface area (TPSA) is 120 Å². The Morgan fingerprint density at radius 2 is 1.63 bits per heavy atom. The number of hydrogen-bond acceptors (Lipinski definition) is 7. The van der Waals surface area contributed by atoms with Gasteiger partial charge in [-0.1, -0.05) is 18.2 Å². The molecular formula is C24H16F3N5O3. The van der Waals surface area contributed by atoms with Gasteiger partial charge in [-0.2, -0.15) is 13.2 Å². The third-order valence-electron chi connectivity index (χ3n) is 4.79. The summed E-state index contributed by atoms with van der Waals surface area (Å²) in [6.45, 7) is 0. The maximum atomic E-state index is 12.8. The molecule has 4 rings (SSSR count). The van der Waals surface area contributed by atoms with Crippen LogP contribution in [0, 0.1) is 0 Å². The van der Waals surface area contributed by atoms with Crippen LogP contribution in [-0.2, 0) is 6.18 Å². The van der Waals surface area contributed by atoms with Gasteiger partial charge in [0.05, 0.1) is 22.5 Å². The number of nitrogens with zero attached hydrogens (tertiary/aromatic N) is 4. The number of anilines is 2. The quantitative estimate of drug-likeness (QED) is 0.264. The average Bonchev–Trinajstić information content (AvgIpc) is 2.83. The molecule has 0 saturated carbocycles. The molecule has 0 atom stereocenters. The number of phenolic OH excluding ortho intramolecular Hbond substituents is 1. The first-order chi connectivity index (χ1) is 16.7. The van der Waals surface area contributed by atoms with Crippen LogP contribution in [0.25, 0.3) is 11.3 Å². The second kappa shape index (κ2) is 9.59. The van der Waals surface area contributed by atoms with E-state index in [2.05, 4.69) is 25.5 Å². The molecule has 0 saturated heterocycles. The molecule has 11 heteroatoms. The maximum Gasteiger partial charge on any atom is 0.416 e. The highest BCUT2D eigenvalue weighted by Crippen LogP contribution is 2.34. The first kappa shape index (κ1) is 23.4. The van der Waals surface area contributed by atoms with E-state index in [0.717, 1.165) is 18.2 Å². The molecule has 0 aliphatic rings. The summed E-state index contributed by atoms with van der Waals surface area (Å²) in [5.41, 5.74) is 1.07. The van der Waals surface area contributed by atoms with E-state index in [0.29, 0.717) is 22.6 Å². The first-order valence-corrected chi connectivity index (χ1v) is 10.1. The Balaban J connectivity index is 1.59. The van der Waals surface area contributed by atoms with Gasteiger partial charge in [-0.25, -0.2) is 14.8 Å². The molecule has 0 spiro atoms. The minimum atomic E-state index is -4.43. The fraction of sp³-hybridized carbons (Fsp3) is 0.0417. The molecule has 0 aliphatic heterocycles. The van der Waals surface area contributed by atoms with E-state index in [1.807, 2.05) is 0 Å². The summed E-state index contributed by atoms with van der Waals surface area (Å²) in [5.74, 6) is -1.36. The largest absolute Gasteiger partial charge is 0.506 e. The molecule has 176 valence electrons. The number of halogens is 3. The van der Waals surface area contributed by atoms with Crippen LogP contribution in [0.4, 0.5) is 36.2 Å². The van der Waals surface area contributed by atoms with Gasteiger partial charge < -0.3 is 15.5 Å². The average molecular weight is 479 g/mol. The zero-order valence-electron chi connectivity index (χ0n) is 17.7. The summed E-state index contributed by atoms with van der Waals surface area (Å²) >= 11 is 0. The second-order valence-electron chi connectivity index (χ2n) is 7.19. The lowest BCUT2D eigenvalue weighted by atomic mass is 10.1. The first-order valence-electron chi connectivity index (χ1n) is 10.1. The van der Waals surface area contributed by atoms with Crippen LogP contribution in [0.15, 0.2) is 89.2 Å². The maximum absolute atomic E-state index is 12.8. The molecule has 8 nitrogen and oxygen atoms in total. The van der Waals surface area contributed by atoms with E-state index in [4.69, 9.17) is 5.11 Å². The van der Waals surface area contributed by atoms with E-state index in [9.17, 15) is 23.1 Å². The van der Waals surface area contributed by atoms with Gasteiger partial charge in [0.2, 0.25) is 5.95 Å². The third kappa shape index (κ3) is 5.58. The molecule has 0 aliphatic carbocycles. The number of rotatable bonds is 6. The van der Waals surface area contributed by atoms with Crippen LogP contribution in [0.2, 0.25) is 0 Å². The number of alkyl halides is 3. The van der Waals surface area contributed by atoms with Gasteiger partial charge >= 0.3 is 12.1 Å². The molecule has 4 aromatic rings. The van der Waals surface area contributed by atoms with Crippen molar-refractivity contribution in [2.75, 3.05) is 5.32 Å². The number of benzene rings is 3. The summed E-state index contributed by atoms with van der Waals surface area (Å²) in [6, 6.07) is 16.7. The lowest BCUT2D eigenvalue weighted by molar-refractivity contribution is -0.137. The smallest absolute Gasteiger partial charge is 0.416 e. The van der Waals surface area contributed by atoms with Gasteiger partial charge in [0, 0.05) is 17.4 Å². The molecule has 1 heterocycles. The van der Waals surface area contributed by atoms with Crippen molar-refractivity contribution < 1.29 is 28.2 Å². The van der Waals surface area contributed by atoms with Crippen molar-refractivity contribution in [2.45, 2.75) is 6.18 Å². The minimum absolute atomic E-state index is 0.0807. The Hall–Kier alpha value is -4.80. The van der Waals surface area contributed by atoms with Crippen molar-refractivity contribution in [3.63, 3.8) is 0 Å². The highest BCUT2D eigenvalue weighted by molar-refractivity contribution is 5.88. The highest BCUT2D eigenvalue weighted by atomic mass is 19.4. The second-order valence-corrected chi connectivity index (χ2v) is 7.19. The van der Waals surface area contributed by atoms with Gasteiger partial charge in [0.1, 0.15) is 11.4 Å². The predicted octanol–water partition coefficient (Wildman–Crippen LogP) is 6.73. The molecule has 0 bridgehead atoms. The molecule has 0 radical (unpaired) electrons. The normalized spacial score (nSPS) is 11.5. The summed E-state index contributed by atoms with van der Waals surface area (Å²) in [5, 5.41) is 30.1. The zero-order chi connectivity index (χ0) is 25.0. The number of carbonyl (C=O) groups is 1. The minimum Gasteiger partial charge on any atom is -0.506 e. The SMILES string of the molecule is O=C(O)c1ccc(N=Nc2ccccc2-c2ccnc(Nc3ccc(C(F)(F)F)cc3)n2)c(O)c1. The molecular weight excluding hydrogens is 463 g/mol. The Bertz CT molecular complexity index is 1410. The van der Waals surface area contributed by atoms with Crippen molar-refractivity contribution in [1.82, 2.24) is 9.97 Å². The van der Waals surface area contributed by atoms with Gasteiger partial charge in [-0.05, 0) is 54.6 Å². The summed E-state index contributed by atoms with van der Waals surface area (Å²) in [4.78, 5) is 19.5. The molecule has 0 fully saturated rings. The van der Waals surface area contributed by atoms with Crippen molar-refractivity contribution in [3.05, 3.63) is 90.1 Å². The van der Waals surface area contributed by atoms with E-state index >= 15 is 0 Å². The number of nitrogens with one attached hydrogen (secondary N) is 1. The van der Waals surface area contributed by atoms with Crippen molar-refractivity contribution in [3.8, 4) is 17.0 Å². The number of aromatic nitrogens is 2. The molecule has 35 heavy (non-hydrogen) atoms. The lowest BCUT2D eigenvalue weighted by Gasteiger charge is -2.10. The summed E-state index contributed by atoms with van der Waals surface area (Å²) < 4.78 is 38.3. The number of aromatic carboxylic acids is 1. The monoisotopic (exact) mass is 479 g/mol.